The molecule has 0 saturated carbocycles. The molecule has 0 radical (unpaired) electrons. The van der Waals surface area contributed by atoms with Gasteiger partial charge in [0.25, 0.3) is 0 Å². The van der Waals surface area contributed by atoms with Crippen LogP contribution in [0.25, 0.3) is 0 Å². The summed E-state index contributed by atoms with van der Waals surface area (Å²) in [5, 5.41) is 47.0. The number of ketones is 3. The molecule has 4 atom stereocenters. The van der Waals surface area contributed by atoms with Crippen LogP contribution in [0.1, 0.15) is 214 Å². The molecule has 0 heterocycles. The minimum atomic E-state index is -1.34. The molecular formula is C58H102N4O19. The van der Waals surface area contributed by atoms with Crippen molar-refractivity contribution >= 4 is 64.9 Å². The van der Waals surface area contributed by atoms with E-state index in [1.807, 2.05) is 13.8 Å². The van der Waals surface area contributed by atoms with Gasteiger partial charge in [-0.05, 0) is 78.6 Å². The largest absolute Gasteiger partial charge is 0.481 e. The van der Waals surface area contributed by atoms with E-state index in [9.17, 15) is 68.1 Å². The van der Waals surface area contributed by atoms with Crippen molar-refractivity contribution < 1.29 is 92.1 Å². The van der Waals surface area contributed by atoms with Crippen LogP contribution in [0.15, 0.2) is 0 Å². The molecule has 0 aromatic carbocycles. The van der Waals surface area contributed by atoms with Crippen LogP contribution >= 0.6 is 0 Å². The lowest BCUT2D eigenvalue weighted by Crippen LogP contribution is -2.42. The molecule has 4 amide bonds. The second kappa shape index (κ2) is 53.9. The molecule has 0 aliphatic heterocycles. The lowest BCUT2D eigenvalue weighted by molar-refractivity contribution is -0.145. The van der Waals surface area contributed by atoms with Crippen LogP contribution in [-0.4, -0.2) is 163 Å². The summed E-state index contributed by atoms with van der Waals surface area (Å²) < 4.78 is 20.6. The van der Waals surface area contributed by atoms with Crippen molar-refractivity contribution in [3.63, 3.8) is 0 Å². The summed E-state index contributed by atoms with van der Waals surface area (Å²) >= 11 is 0. The fraction of sp³-hybridized carbons (Fsp3) is 0.810. The van der Waals surface area contributed by atoms with Gasteiger partial charge >= 0.3 is 23.9 Å². The van der Waals surface area contributed by atoms with Gasteiger partial charge in [0.15, 0.2) is 5.78 Å². The van der Waals surface area contributed by atoms with E-state index >= 15 is 0 Å². The van der Waals surface area contributed by atoms with E-state index in [4.69, 9.17) is 24.1 Å². The molecule has 0 aromatic rings. The van der Waals surface area contributed by atoms with E-state index in [-0.39, 0.29) is 126 Å². The molecule has 0 bridgehead atoms. The Balaban J connectivity index is 0. The van der Waals surface area contributed by atoms with Gasteiger partial charge in [0.05, 0.1) is 25.7 Å². The Labute approximate surface area is 480 Å². The molecular weight excluding hydrogens is 1060 g/mol. The average Bonchev–Trinajstić information content (AvgIpc) is 3.41. The molecule has 0 aliphatic carbocycles. The van der Waals surface area contributed by atoms with Crippen LogP contribution in [0, 0.1) is 11.8 Å². The summed E-state index contributed by atoms with van der Waals surface area (Å²) in [4.78, 5) is 129. The number of nitrogens with one attached hydrogen (secondary N) is 4. The minimum absolute atomic E-state index is 0.000154. The molecule has 0 unspecified atom stereocenters. The van der Waals surface area contributed by atoms with Crippen molar-refractivity contribution in [1.29, 1.82) is 0 Å². The Morgan fingerprint density at radius 2 is 0.889 bits per heavy atom. The molecule has 23 heteroatoms. The average molecular weight is 1160 g/mol. The molecule has 23 nitrogen and oxygen atoms in total. The lowest BCUT2D eigenvalue weighted by atomic mass is 9.95. The second-order valence-electron chi connectivity index (χ2n) is 20.2. The van der Waals surface area contributed by atoms with Crippen molar-refractivity contribution in [2.75, 3.05) is 65.9 Å². The first-order valence-corrected chi connectivity index (χ1v) is 29.6. The Hall–Kier alpha value is -5.39. The second-order valence-corrected chi connectivity index (χ2v) is 20.2. The smallest absolute Gasteiger partial charge is 0.326 e. The third kappa shape index (κ3) is 51.2. The van der Waals surface area contributed by atoms with Crippen LogP contribution in [0.4, 0.5) is 0 Å². The van der Waals surface area contributed by atoms with Gasteiger partial charge in [0.2, 0.25) is 23.6 Å². The van der Waals surface area contributed by atoms with E-state index in [1.165, 1.54) is 44.9 Å². The maximum Gasteiger partial charge on any atom is 0.326 e. The molecule has 0 spiro atoms. The molecule has 0 aromatic heterocycles. The fourth-order valence-electron chi connectivity index (χ4n) is 8.35. The maximum atomic E-state index is 12.3. The summed E-state index contributed by atoms with van der Waals surface area (Å²) in [5.74, 6) is -7.47. The fourth-order valence-corrected chi connectivity index (χ4v) is 8.35. The number of carbonyl (C=O) groups excluding carboxylic acids is 7. The zero-order valence-electron chi connectivity index (χ0n) is 49.3. The molecule has 468 valence electrons. The molecule has 0 saturated heterocycles. The van der Waals surface area contributed by atoms with Crippen molar-refractivity contribution in [3.8, 4) is 0 Å². The quantitative estimate of drug-likeness (QED) is 0.0287. The van der Waals surface area contributed by atoms with E-state index < -0.39 is 53.6 Å². The Morgan fingerprint density at radius 1 is 0.383 bits per heavy atom. The summed E-state index contributed by atoms with van der Waals surface area (Å²) in [6, 6.07) is -2.35. The molecule has 0 aliphatic rings. The number of hydrogen-bond donors (Lipinski definition) is 8. The highest BCUT2D eigenvalue weighted by Crippen LogP contribution is 2.16. The lowest BCUT2D eigenvalue weighted by Gasteiger charge is -2.16. The highest BCUT2D eigenvalue weighted by Gasteiger charge is 2.26. The first kappa shape index (κ1) is 77.7. The van der Waals surface area contributed by atoms with E-state index in [0.717, 1.165) is 64.2 Å². The van der Waals surface area contributed by atoms with Crippen molar-refractivity contribution in [3.05, 3.63) is 0 Å². The maximum absolute atomic E-state index is 12.3. The number of carbonyl (C=O) groups is 11. The number of carboxylic acids is 4. The first-order valence-electron chi connectivity index (χ1n) is 29.6. The summed E-state index contributed by atoms with van der Waals surface area (Å²) in [5.41, 5.74) is 0. The topological polar surface area (TPSA) is 354 Å². The molecule has 81 heavy (non-hydrogen) atoms. The van der Waals surface area contributed by atoms with E-state index in [0.29, 0.717) is 52.0 Å². The summed E-state index contributed by atoms with van der Waals surface area (Å²) in [7, 11) is 0. The Bertz CT molecular complexity index is 1780. The molecule has 8 N–H and O–H groups in total. The van der Waals surface area contributed by atoms with Crippen LogP contribution in [-0.2, 0) is 71.7 Å². The molecule has 0 fully saturated rings. The van der Waals surface area contributed by atoms with Gasteiger partial charge in [0, 0.05) is 83.8 Å². The van der Waals surface area contributed by atoms with Gasteiger partial charge in [-0.1, -0.05) is 90.4 Å². The predicted molar refractivity (Wildman–Crippen MR) is 302 cm³/mol. The molecule has 0 rings (SSSR count). The van der Waals surface area contributed by atoms with Crippen molar-refractivity contribution in [2.45, 2.75) is 226 Å². The monoisotopic (exact) mass is 1160 g/mol. The van der Waals surface area contributed by atoms with Gasteiger partial charge < -0.3 is 60.6 Å². The number of amides is 4. The number of Topliss-reactive ketones (excluding diaryl/α,β-unsaturated/α-hetero) is 3. The number of hydrogen-bond acceptors (Lipinski definition) is 15. The third-order valence-corrected chi connectivity index (χ3v) is 13.2. The van der Waals surface area contributed by atoms with Crippen molar-refractivity contribution in [2.24, 2.45) is 11.8 Å². The predicted octanol–water partition coefficient (Wildman–Crippen LogP) is 6.91. The van der Waals surface area contributed by atoms with Gasteiger partial charge in [-0.2, -0.15) is 0 Å². The number of aliphatic carboxylic acids is 4. The van der Waals surface area contributed by atoms with E-state index in [2.05, 4.69) is 21.3 Å². The number of ether oxygens (including phenoxy) is 4. The standard InChI is InChI=1S/C30H51N3O12.C28H51NO7/c1-4-22(21(3)34)8-6-7-13-31-26(36)12-10-25(30(41)42)33-27(37)11-9-23(29(39)40)18-24(35)19-45-17-16-44-15-14-32-28(38)20-43-5-2;1-2-36-23-17-18-24(30)21-22-25(28(34)35)29-26(31)19-15-13-11-9-7-5-3-4-6-8-10-12-14-16-20-27(32)33/h22-23,25H,4-20H2,1-3H3,(H,31,36)(H,32,38)(H,33,37)(H,39,40)(H,41,42);25H,2-23H2,1H3,(H,29,31)(H,32,33)(H,34,35)/t22-,23+,25-;25-/m00/s1. The van der Waals surface area contributed by atoms with Gasteiger partial charge in [-0.25, -0.2) is 9.59 Å². The zero-order valence-corrected chi connectivity index (χ0v) is 49.3. The van der Waals surface area contributed by atoms with Gasteiger partial charge in [-0.15, -0.1) is 0 Å². The number of carboxylic acid groups (broad SMARTS) is 4. The number of rotatable bonds is 56. The van der Waals surface area contributed by atoms with Crippen molar-refractivity contribution in [1.82, 2.24) is 21.3 Å². The zero-order chi connectivity index (χ0) is 60.9. The Morgan fingerprint density at radius 3 is 1.41 bits per heavy atom. The van der Waals surface area contributed by atoms with Crippen LogP contribution in [0.2, 0.25) is 0 Å². The van der Waals surface area contributed by atoms with Crippen LogP contribution < -0.4 is 21.3 Å². The summed E-state index contributed by atoms with van der Waals surface area (Å²) in [6.07, 6.45) is 19.3. The SMILES string of the molecule is CCOCC(=O)NCCOCCOCC(=O)C[C@@H](CCC(=O)N[C@@H](CCC(=O)NCCCC[C@H](CC)C(C)=O)C(=O)O)C(=O)O.CCOCCCC(=O)CC[C@H](NC(=O)CCCCCCCCCCCCCCCCC(=O)O)C(=O)O. The number of unbranched alkanes of at least 4 members (excludes halogenated alkanes) is 14. The third-order valence-electron chi connectivity index (χ3n) is 13.2. The van der Waals surface area contributed by atoms with Gasteiger partial charge in [0.1, 0.15) is 36.9 Å². The van der Waals surface area contributed by atoms with Crippen LogP contribution in [0.5, 0.6) is 0 Å². The van der Waals surface area contributed by atoms with Crippen LogP contribution in [0.3, 0.4) is 0 Å². The van der Waals surface area contributed by atoms with Gasteiger partial charge in [-0.3, -0.25) is 43.2 Å². The Kier molecular flexibility index (Phi) is 51.7. The van der Waals surface area contributed by atoms with E-state index in [1.54, 1.807) is 13.8 Å². The highest BCUT2D eigenvalue weighted by molar-refractivity contribution is 5.87. The summed E-state index contributed by atoms with van der Waals surface area (Å²) in [6.45, 7) is 9.54. The normalized spacial score (nSPS) is 12.4. The minimum Gasteiger partial charge on any atom is -0.481 e. The first-order chi connectivity index (χ1) is 38.8. The highest BCUT2D eigenvalue weighted by atomic mass is 16.5.